The van der Waals surface area contributed by atoms with Gasteiger partial charge in [-0.3, -0.25) is 4.79 Å². The van der Waals surface area contributed by atoms with Crippen molar-refractivity contribution in [2.75, 3.05) is 0 Å². The van der Waals surface area contributed by atoms with Crippen LogP contribution in [0.25, 0.3) is 0 Å². The number of sulfonamides is 1. The van der Waals surface area contributed by atoms with Crippen molar-refractivity contribution in [3.63, 3.8) is 0 Å². The minimum atomic E-state index is -3.72. The molecule has 0 spiro atoms. The Balaban J connectivity index is 2.26. The summed E-state index contributed by atoms with van der Waals surface area (Å²) in [6.45, 7) is 6.08. The van der Waals surface area contributed by atoms with Crippen molar-refractivity contribution in [2.45, 2.75) is 44.6 Å². The van der Waals surface area contributed by atoms with E-state index in [0.29, 0.717) is 0 Å². The van der Waals surface area contributed by atoms with Gasteiger partial charge < -0.3 is 5.73 Å². The van der Waals surface area contributed by atoms with Crippen molar-refractivity contribution in [3.8, 4) is 0 Å². The molecule has 6 heteroatoms. The Morgan fingerprint density at radius 3 is 2.08 bits per heavy atom. The average Bonchev–Trinajstić information content (AvgIpc) is 2.61. The monoisotopic (exact) mass is 374 g/mol. The standard InChI is InChI=1S/C20H26N2O3S/c1-4-5-15-6-8-16(9-7-15)19(14(2)3)22-26(24,25)18-12-10-17(11-13-18)20(21)23/h6-14,19,22H,4-5H2,1-3H3,(H2,21,23). The zero-order valence-electron chi connectivity index (χ0n) is 15.4. The Morgan fingerprint density at radius 2 is 1.62 bits per heavy atom. The van der Waals surface area contributed by atoms with Crippen molar-refractivity contribution in [3.05, 3.63) is 65.2 Å². The lowest BCUT2D eigenvalue weighted by molar-refractivity contribution is 0.1000. The van der Waals surface area contributed by atoms with Crippen molar-refractivity contribution in [1.82, 2.24) is 4.72 Å². The number of primary amides is 1. The van der Waals surface area contributed by atoms with E-state index in [0.717, 1.165) is 18.4 Å². The summed E-state index contributed by atoms with van der Waals surface area (Å²) in [7, 11) is -3.72. The zero-order chi connectivity index (χ0) is 19.3. The minimum Gasteiger partial charge on any atom is -0.366 e. The van der Waals surface area contributed by atoms with Gasteiger partial charge in [-0.2, -0.15) is 0 Å². The first-order valence-electron chi connectivity index (χ1n) is 8.75. The van der Waals surface area contributed by atoms with E-state index < -0.39 is 15.9 Å². The van der Waals surface area contributed by atoms with Gasteiger partial charge in [0.25, 0.3) is 0 Å². The predicted molar refractivity (Wildman–Crippen MR) is 103 cm³/mol. The molecule has 1 amide bonds. The van der Waals surface area contributed by atoms with Crippen LogP contribution in [0.15, 0.2) is 53.4 Å². The first kappa shape index (κ1) is 20.1. The molecule has 0 fully saturated rings. The molecule has 2 rings (SSSR count). The molecule has 0 bridgehead atoms. The number of nitrogens with two attached hydrogens (primary N) is 1. The van der Waals surface area contributed by atoms with Gasteiger partial charge in [-0.15, -0.1) is 0 Å². The van der Waals surface area contributed by atoms with Crippen LogP contribution >= 0.6 is 0 Å². The molecule has 3 N–H and O–H groups in total. The molecular weight excluding hydrogens is 348 g/mol. The van der Waals surface area contributed by atoms with Crippen molar-refractivity contribution in [1.29, 1.82) is 0 Å². The van der Waals surface area contributed by atoms with Gasteiger partial charge in [0, 0.05) is 11.6 Å². The molecule has 0 aliphatic heterocycles. The molecule has 0 aliphatic carbocycles. The van der Waals surface area contributed by atoms with Crippen LogP contribution in [0.4, 0.5) is 0 Å². The molecule has 0 heterocycles. The number of rotatable bonds is 8. The van der Waals surface area contributed by atoms with Crippen LogP contribution in [-0.4, -0.2) is 14.3 Å². The largest absolute Gasteiger partial charge is 0.366 e. The maximum atomic E-state index is 12.7. The average molecular weight is 375 g/mol. The van der Waals surface area contributed by atoms with Crippen LogP contribution in [-0.2, 0) is 16.4 Å². The van der Waals surface area contributed by atoms with E-state index in [2.05, 4.69) is 11.6 Å². The highest BCUT2D eigenvalue weighted by atomic mass is 32.2. The van der Waals surface area contributed by atoms with Gasteiger partial charge in [-0.1, -0.05) is 51.5 Å². The summed E-state index contributed by atoms with van der Waals surface area (Å²) in [6.07, 6.45) is 2.07. The van der Waals surface area contributed by atoms with Gasteiger partial charge in [-0.25, -0.2) is 13.1 Å². The molecule has 2 aromatic rings. The quantitative estimate of drug-likeness (QED) is 0.742. The summed E-state index contributed by atoms with van der Waals surface area (Å²) in [5.41, 5.74) is 7.64. The number of benzene rings is 2. The van der Waals surface area contributed by atoms with Crippen molar-refractivity contribution < 1.29 is 13.2 Å². The van der Waals surface area contributed by atoms with Gasteiger partial charge in [0.15, 0.2) is 0 Å². The van der Waals surface area contributed by atoms with E-state index in [-0.39, 0.29) is 22.4 Å². The van der Waals surface area contributed by atoms with Gasteiger partial charge in [0.1, 0.15) is 0 Å². The first-order chi connectivity index (χ1) is 12.2. The molecule has 1 unspecified atom stereocenters. The lowest BCUT2D eigenvalue weighted by Crippen LogP contribution is -2.31. The third-order valence-corrected chi connectivity index (χ3v) is 5.73. The third kappa shape index (κ3) is 4.93. The molecule has 26 heavy (non-hydrogen) atoms. The number of carbonyl (C=O) groups excluding carboxylic acids is 1. The van der Waals surface area contributed by atoms with Gasteiger partial charge in [-0.05, 0) is 47.7 Å². The molecule has 140 valence electrons. The van der Waals surface area contributed by atoms with Crippen LogP contribution in [0.1, 0.15) is 54.7 Å². The normalized spacial score (nSPS) is 12.9. The summed E-state index contributed by atoms with van der Waals surface area (Å²) < 4.78 is 28.3. The second-order valence-corrected chi connectivity index (χ2v) is 8.44. The zero-order valence-corrected chi connectivity index (χ0v) is 16.2. The number of amides is 1. The number of hydrogen-bond acceptors (Lipinski definition) is 3. The van der Waals surface area contributed by atoms with E-state index in [1.165, 1.54) is 29.8 Å². The number of carbonyl (C=O) groups is 1. The van der Waals surface area contributed by atoms with E-state index >= 15 is 0 Å². The second kappa shape index (κ2) is 8.47. The van der Waals surface area contributed by atoms with E-state index in [4.69, 9.17) is 5.73 Å². The van der Waals surface area contributed by atoms with Crippen LogP contribution in [0.2, 0.25) is 0 Å². The topological polar surface area (TPSA) is 89.3 Å². The first-order valence-corrected chi connectivity index (χ1v) is 10.2. The van der Waals surface area contributed by atoms with E-state index in [1.807, 2.05) is 38.1 Å². The highest BCUT2D eigenvalue weighted by Crippen LogP contribution is 2.25. The fourth-order valence-electron chi connectivity index (χ4n) is 2.80. The Kier molecular flexibility index (Phi) is 6.56. The fraction of sp³-hybridized carbons (Fsp3) is 0.350. The Morgan fingerprint density at radius 1 is 1.04 bits per heavy atom. The SMILES string of the molecule is CCCc1ccc(C(NS(=O)(=O)c2ccc(C(N)=O)cc2)C(C)C)cc1. The molecule has 2 aromatic carbocycles. The fourth-order valence-corrected chi connectivity index (χ4v) is 4.18. The Bertz CT molecular complexity index is 842. The molecule has 0 radical (unpaired) electrons. The van der Waals surface area contributed by atoms with Crippen LogP contribution in [0.3, 0.4) is 0 Å². The summed E-state index contributed by atoms with van der Waals surface area (Å²) in [4.78, 5) is 11.3. The summed E-state index contributed by atoms with van der Waals surface area (Å²) in [5, 5.41) is 0. The smallest absolute Gasteiger partial charge is 0.248 e. The molecule has 0 saturated heterocycles. The number of nitrogens with one attached hydrogen (secondary N) is 1. The highest BCUT2D eigenvalue weighted by Gasteiger charge is 2.24. The maximum Gasteiger partial charge on any atom is 0.248 e. The summed E-state index contributed by atoms with van der Waals surface area (Å²) in [5.74, 6) is -0.513. The maximum absolute atomic E-state index is 12.7. The molecule has 0 aliphatic rings. The van der Waals surface area contributed by atoms with Crippen LogP contribution in [0.5, 0.6) is 0 Å². The Hall–Kier alpha value is -2.18. The molecule has 5 nitrogen and oxygen atoms in total. The van der Waals surface area contributed by atoms with Gasteiger partial charge in [0.2, 0.25) is 15.9 Å². The lowest BCUT2D eigenvalue weighted by Gasteiger charge is -2.23. The lowest BCUT2D eigenvalue weighted by atomic mass is 9.95. The number of aryl methyl sites for hydroxylation is 1. The van der Waals surface area contributed by atoms with E-state index in [9.17, 15) is 13.2 Å². The van der Waals surface area contributed by atoms with Crippen LogP contribution < -0.4 is 10.5 Å². The Labute approximate surface area is 155 Å². The molecule has 1 atom stereocenters. The summed E-state index contributed by atoms with van der Waals surface area (Å²) in [6, 6.07) is 13.3. The summed E-state index contributed by atoms with van der Waals surface area (Å²) >= 11 is 0. The molecular formula is C20H26N2O3S. The molecule has 0 saturated carbocycles. The second-order valence-electron chi connectivity index (χ2n) is 6.72. The van der Waals surface area contributed by atoms with E-state index in [1.54, 1.807) is 0 Å². The predicted octanol–water partition coefficient (Wildman–Crippen LogP) is 3.41. The molecule has 0 aromatic heterocycles. The third-order valence-electron chi connectivity index (χ3n) is 4.28. The van der Waals surface area contributed by atoms with Gasteiger partial charge in [0.05, 0.1) is 4.90 Å². The minimum absolute atomic E-state index is 0.0756. The number of hydrogen-bond donors (Lipinski definition) is 2. The van der Waals surface area contributed by atoms with Gasteiger partial charge >= 0.3 is 0 Å². The highest BCUT2D eigenvalue weighted by molar-refractivity contribution is 7.89. The van der Waals surface area contributed by atoms with Crippen molar-refractivity contribution >= 4 is 15.9 Å². The van der Waals surface area contributed by atoms with Crippen LogP contribution in [0, 0.1) is 5.92 Å². The van der Waals surface area contributed by atoms with Crippen molar-refractivity contribution in [2.24, 2.45) is 11.7 Å².